The molecule has 3 atom stereocenters. The smallest absolute Gasteiger partial charge is 0.322 e. The standard InChI is InChI=1S/C24H22ClNO7S/c1-32-19-7-3-5-15-11-20(33-23(15)19)22(27)14-8-9-16(25)21(12-14)34(30,31)26-17-6-2-4-13(17)10-18(26)24(28)29/h3,5,7-9,11-13,17-18H,2,4,6,10H2,1H3,(H,28,29)/t13-,17-,18-/m1/s1. The lowest BCUT2D eigenvalue weighted by Crippen LogP contribution is -2.44. The molecule has 2 aliphatic rings. The molecule has 0 amide bonds. The van der Waals surface area contributed by atoms with Gasteiger partial charge in [-0.15, -0.1) is 0 Å². The normalized spacial score (nSPS) is 22.7. The summed E-state index contributed by atoms with van der Waals surface area (Å²) >= 11 is 6.28. The van der Waals surface area contributed by atoms with Crippen LogP contribution in [0.3, 0.4) is 0 Å². The first-order chi connectivity index (χ1) is 16.2. The number of furan rings is 1. The van der Waals surface area contributed by atoms with Crippen LogP contribution in [0.1, 0.15) is 41.8 Å². The number of carbonyl (C=O) groups excluding carboxylic acids is 1. The fourth-order valence-electron chi connectivity index (χ4n) is 5.21. The van der Waals surface area contributed by atoms with Crippen molar-refractivity contribution in [3.63, 3.8) is 0 Å². The molecule has 1 saturated heterocycles. The predicted molar refractivity (Wildman–Crippen MR) is 124 cm³/mol. The number of carboxylic acid groups (broad SMARTS) is 1. The molecule has 34 heavy (non-hydrogen) atoms. The first-order valence-corrected chi connectivity index (χ1v) is 12.7. The van der Waals surface area contributed by atoms with Gasteiger partial charge in [0.25, 0.3) is 0 Å². The zero-order valence-electron chi connectivity index (χ0n) is 18.2. The van der Waals surface area contributed by atoms with Gasteiger partial charge < -0.3 is 14.3 Å². The van der Waals surface area contributed by atoms with Gasteiger partial charge in [-0.05, 0) is 55.5 Å². The number of hydrogen-bond donors (Lipinski definition) is 1. The van der Waals surface area contributed by atoms with Crippen LogP contribution < -0.4 is 4.74 Å². The number of ether oxygens (including phenoxy) is 1. The van der Waals surface area contributed by atoms with E-state index in [1.54, 1.807) is 24.3 Å². The van der Waals surface area contributed by atoms with E-state index in [0.717, 1.165) is 17.1 Å². The number of nitrogens with zero attached hydrogens (tertiary/aromatic N) is 1. The van der Waals surface area contributed by atoms with Crippen LogP contribution in [0.15, 0.2) is 51.8 Å². The second-order valence-electron chi connectivity index (χ2n) is 8.65. The van der Waals surface area contributed by atoms with Gasteiger partial charge in [-0.1, -0.05) is 30.2 Å². The quantitative estimate of drug-likeness (QED) is 0.497. The third-order valence-corrected chi connectivity index (χ3v) is 9.18. The highest BCUT2D eigenvalue weighted by Gasteiger charge is 2.52. The molecular weight excluding hydrogens is 482 g/mol. The maximum Gasteiger partial charge on any atom is 0.322 e. The minimum absolute atomic E-state index is 0.00462. The molecule has 1 N–H and O–H groups in total. The van der Waals surface area contributed by atoms with Crippen LogP contribution >= 0.6 is 11.6 Å². The molecule has 178 valence electrons. The summed E-state index contributed by atoms with van der Waals surface area (Å²) in [5.74, 6) is -1.22. The molecule has 3 aromatic rings. The van der Waals surface area contributed by atoms with E-state index in [4.69, 9.17) is 20.8 Å². The molecule has 5 rings (SSSR count). The SMILES string of the molecule is COc1cccc2cc(C(=O)c3ccc(Cl)c(S(=O)(=O)N4[C@@H](C(=O)O)C[C@H]5CCC[C@H]54)c3)oc12. The predicted octanol–water partition coefficient (Wildman–Crippen LogP) is 4.34. The van der Waals surface area contributed by atoms with E-state index in [9.17, 15) is 23.1 Å². The minimum atomic E-state index is -4.27. The van der Waals surface area contributed by atoms with Crippen molar-refractivity contribution in [2.24, 2.45) is 5.92 Å². The maximum absolute atomic E-state index is 13.7. The first kappa shape index (κ1) is 22.9. The van der Waals surface area contributed by atoms with Crippen LogP contribution in [-0.4, -0.2) is 48.8 Å². The van der Waals surface area contributed by atoms with Crippen molar-refractivity contribution in [3.05, 3.63) is 58.8 Å². The summed E-state index contributed by atoms with van der Waals surface area (Å²) in [6.07, 6.45) is 2.51. The highest BCUT2D eigenvalue weighted by atomic mass is 35.5. The molecule has 1 aliphatic heterocycles. The Hall–Kier alpha value is -2.88. The number of hydrogen-bond acceptors (Lipinski definition) is 6. The fraction of sp³-hybridized carbons (Fsp3) is 0.333. The lowest BCUT2D eigenvalue weighted by Gasteiger charge is -2.27. The van der Waals surface area contributed by atoms with E-state index in [1.165, 1.54) is 25.3 Å². The monoisotopic (exact) mass is 503 g/mol. The Morgan fingerprint density at radius 2 is 1.97 bits per heavy atom. The Kier molecular flexibility index (Phi) is 5.66. The molecule has 0 radical (unpaired) electrons. The number of rotatable bonds is 6. The summed E-state index contributed by atoms with van der Waals surface area (Å²) in [5, 5.41) is 10.3. The lowest BCUT2D eigenvalue weighted by molar-refractivity contribution is -0.141. The van der Waals surface area contributed by atoms with Crippen LogP contribution in [0.5, 0.6) is 5.75 Å². The molecule has 0 bridgehead atoms. The van der Waals surface area contributed by atoms with Crippen molar-refractivity contribution in [3.8, 4) is 5.75 Å². The number of carbonyl (C=O) groups is 2. The van der Waals surface area contributed by atoms with E-state index in [-0.39, 0.29) is 39.6 Å². The van der Waals surface area contributed by atoms with E-state index in [0.29, 0.717) is 23.1 Å². The highest BCUT2D eigenvalue weighted by molar-refractivity contribution is 7.89. The molecule has 8 nitrogen and oxygen atoms in total. The second kappa shape index (κ2) is 8.41. The number of ketones is 1. The zero-order valence-corrected chi connectivity index (χ0v) is 19.8. The van der Waals surface area contributed by atoms with Gasteiger partial charge in [0.15, 0.2) is 17.1 Å². The van der Waals surface area contributed by atoms with Gasteiger partial charge >= 0.3 is 5.97 Å². The number of para-hydroxylation sites is 1. The number of benzene rings is 2. The van der Waals surface area contributed by atoms with Crippen LogP contribution in [0.4, 0.5) is 0 Å². The van der Waals surface area contributed by atoms with Gasteiger partial charge in [0.2, 0.25) is 15.8 Å². The van der Waals surface area contributed by atoms with E-state index in [2.05, 4.69) is 0 Å². The number of aliphatic carboxylic acids is 1. The van der Waals surface area contributed by atoms with E-state index < -0.39 is 27.8 Å². The first-order valence-electron chi connectivity index (χ1n) is 10.9. The van der Waals surface area contributed by atoms with Crippen LogP contribution in [-0.2, 0) is 14.8 Å². The van der Waals surface area contributed by atoms with Crippen LogP contribution in [0.25, 0.3) is 11.0 Å². The summed E-state index contributed by atoms with van der Waals surface area (Å²) < 4.78 is 39.4. The van der Waals surface area contributed by atoms with Crippen molar-refractivity contribution in [1.82, 2.24) is 4.31 Å². The van der Waals surface area contributed by atoms with Gasteiger partial charge in [-0.3, -0.25) is 9.59 Å². The van der Waals surface area contributed by atoms with Crippen molar-refractivity contribution in [2.45, 2.75) is 42.7 Å². The topological polar surface area (TPSA) is 114 Å². The molecule has 1 aliphatic carbocycles. The highest BCUT2D eigenvalue weighted by Crippen LogP contribution is 2.45. The zero-order chi connectivity index (χ0) is 24.2. The Morgan fingerprint density at radius 1 is 1.18 bits per heavy atom. The Labute approximate surface area is 201 Å². The van der Waals surface area contributed by atoms with E-state index >= 15 is 0 Å². The van der Waals surface area contributed by atoms with Crippen molar-refractivity contribution in [2.75, 3.05) is 7.11 Å². The third kappa shape index (κ3) is 3.59. The average molecular weight is 504 g/mol. The number of sulfonamides is 1. The largest absolute Gasteiger partial charge is 0.493 e. The molecular formula is C24H22ClNO7S. The Bertz CT molecular complexity index is 1410. The van der Waals surface area contributed by atoms with Crippen molar-refractivity contribution >= 4 is 44.3 Å². The number of carboxylic acids is 1. The molecule has 2 fully saturated rings. The van der Waals surface area contributed by atoms with Gasteiger partial charge in [0, 0.05) is 17.0 Å². The number of methoxy groups -OCH3 is 1. The van der Waals surface area contributed by atoms with Crippen molar-refractivity contribution in [1.29, 1.82) is 0 Å². The Morgan fingerprint density at radius 3 is 2.71 bits per heavy atom. The molecule has 2 heterocycles. The van der Waals surface area contributed by atoms with E-state index in [1.807, 2.05) is 0 Å². The van der Waals surface area contributed by atoms with Crippen molar-refractivity contribution < 1.29 is 32.3 Å². The summed E-state index contributed by atoms with van der Waals surface area (Å²) in [5.41, 5.74) is 0.471. The average Bonchev–Trinajstić information content (AvgIpc) is 3.52. The summed E-state index contributed by atoms with van der Waals surface area (Å²) in [4.78, 5) is 24.8. The number of halogens is 1. The van der Waals surface area contributed by atoms with Gasteiger partial charge in [0.1, 0.15) is 10.9 Å². The minimum Gasteiger partial charge on any atom is -0.493 e. The van der Waals surface area contributed by atoms with Gasteiger partial charge in [0.05, 0.1) is 12.1 Å². The molecule has 2 aromatic carbocycles. The van der Waals surface area contributed by atoms with Gasteiger partial charge in [-0.2, -0.15) is 4.31 Å². The summed E-state index contributed by atoms with van der Waals surface area (Å²) in [6, 6.07) is 9.23. The third-order valence-electron chi connectivity index (χ3n) is 6.76. The van der Waals surface area contributed by atoms with Crippen LogP contribution in [0.2, 0.25) is 5.02 Å². The maximum atomic E-state index is 13.7. The Balaban J connectivity index is 1.55. The molecule has 10 heteroatoms. The number of fused-ring (bicyclic) bond motifs is 2. The molecule has 0 unspecified atom stereocenters. The fourth-order valence-corrected chi connectivity index (χ4v) is 7.58. The summed E-state index contributed by atoms with van der Waals surface area (Å²) in [6.45, 7) is 0. The second-order valence-corrected chi connectivity index (χ2v) is 10.9. The molecule has 1 aromatic heterocycles. The molecule has 0 spiro atoms. The van der Waals surface area contributed by atoms with Gasteiger partial charge in [-0.25, -0.2) is 8.42 Å². The van der Waals surface area contributed by atoms with Crippen LogP contribution in [0, 0.1) is 5.92 Å². The molecule has 1 saturated carbocycles. The lowest BCUT2D eigenvalue weighted by atomic mass is 10.0. The summed E-state index contributed by atoms with van der Waals surface area (Å²) in [7, 11) is -2.78.